The molecule has 1 aromatic rings. The maximum atomic E-state index is 4.57. The van der Waals surface area contributed by atoms with Gasteiger partial charge in [0.2, 0.25) is 0 Å². The molecule has 0 radical (unpaired) electrons. The van der Waals surface area contributed by atoms with Gasteiger partial charge in [-0.15, -0.1) is 11.3 Å². The maximum Gasteiger partial charge on any atom is 0.0971 e. The Morgan fingerprint density at radius 3 is 2.65 bits per heavy atom. The second-order valence-electron chi connectivity index (χ2n) is 4.87. The van der Waals surface area contributed by atoms with Crippen LogP contribution in [-0.2, 0) is 6.42 Å². The number of hydrogen-bond donors (Lipinski definition) is 1. The summed E-state index contributed by atoms with van der Waals surface area (Å²) in [6, 6.07) is 0.577. The van der Waals surface area contributed by atoms with Crippen LogP contribution in [0.15, 0.2) is 11.6 Å². The molecule has 0 aliphatic heterocycles. The standard InChI is InChI=1S/C14H24N2S/c1-10(2)15-8-6-7-11(3)9-14-16-12(4)13(5)17-14/h7,10,15H,6,8-9H2,1-5H3. The zero-order valence-corrected chi connectivity index (χ0v) is 12.4. The molecule has 1 heterocycles. The van der Waals surface area contributed by atoms with E-state index in [1.165, 1.54) is 21.2 Å². The largest absolute Gasteiger partial charge is 0.314 e. The van der Waals surface area contributed by atoms with E-state index >= 15 is 0 Å². The Labute approximate surface area is 109 Å². The van der Waals surface area contributed by atoms with Gasteiger partial charge >= 0.3 is 0 Å². The minimum Gasteiger partial charge on any atom is -0.314 e. The van der Waals surface area contributed by atoms with Crippen molar-refractivity contribution in [2.45, 2.75) is 53.5 Å². The Hall–Kier alpha value is -0.670. The number of nitrogens with one attached hydrogen (secondary N) is 1. The van der Waals surface area contributed by atoms with Crippen molar-refractivity contribution in [2.75, 3.05) is 6.54 Å². The molecule has 2 nitrogen and oxygen atoms in total. The molecule has 0 saturated carbocycles. The number of allylic oxidation sites excluding steroid dienone is 1. The number of rotatable bonds is 6. The van der Waals surface area contributed by atoms with Crippen molar-refractivity contribution in [3.05, 3.63) is 27.2 Å². The van der Waals surface area contributed by atoms with Crippen LogP contribution in [0.4, 0.5) is 0 Å². The topological polar surface area (TPSA) is 24.9 Å². The molecule has 0 amide bonds. The minimum absolute atomic E-state index is 0.577. The monoisotopic (exact) mass is 252 g/mol. The van der Waals surface area contributed by atoms with Gasteiger partial charge in [-0.2, -0.15) is 0 Å². The summed E-state index contributed by atoms with van der Waals surface area (Å²) in [5.41, 5.74) is 2.60. The molecule has 0 aliphatic rings. The van der Waals surface area contributed by atoms with Gasteiger partial charge in [0.25, 0.3) is 0 Å². The highest BCUT2D eigenvalue weighted by molar-refractivity contribution is 7.11. The maximum absolute atomic E-state index is 4.57. The Balaban J connectivity index is 2.37. The average molecular weight is 252 g/mol. The minimum atomic E-state index is 0.577. The molecule has 0 saturated heterocycles. The molecule has 3 heteroatoms. The lowest BCUT2D eigenvalue weighted by atomic mass is 10.2. The molecule has 0 spiro atoms. The van der Waals surface area contributed by atoms with E-state index in [4.69, 9.17) is 0 Å². The molecule has 1 rings (SSSR count). The van der Waals surface area contributed by atoms with Crippen molar-refractivity contribution in [2.24, 2.45) is 0 Å². The smallest absolute Gasteiger partial charge is 0.0971 e. The zero-order chi connectivity index (χ0) is 12.8. The van der Waals surface area contributed by atoms with E-state index in [0.29, 0.717) is 6.04 Å². The van der Waals surface area contributed by atoms with Crippen molar-refractivity contribution >= 4 is 11.3 Å². The molecule has 17 heavy (non-hydrogen) atoms. The number of aryl methyl sites for hydroxylation is 2. The third kappa shape index (κ3) is 5.46. The molecule has 0 unspecified atom stereocenters. The van der Waals surface area contributed by atoms with E-state index in [1.54, 1.807) is 0 Å². The lowest BCUT2D eigenvalue weighted by molar-refractivity contribution is 0.594. The van der Waals surface area contributed by atoms with Crippen molar-refractivity contribution in [1.29, 1.82) is 0 Å². The fourth-order valence-corrected chi connectivity index (χ4v) is 2.65. The highest BCUT2D eigenvalue weighted by Crippen LogP contribution is 2.19. The lowest BCUT2D eigenvalue weighted by Gasteiger charge is -2.05. The van der Waals surface area contributed by atoms with Gasteiger partial charge in [-0.1, -0.05) is 25.5 Å². The number of thiazole rings is 1. The second kappa shape index (κ2) is 6.92. The van der Waals surface area contributed by atoms with Gasteiger partial charge in [0.15, 0.2) is 0 Å². The first-order valence-corrected chi connectivity index (χ1v) is 7.12. The molecular weight excluding hydrogens is 228 g/mol. The average Bonchev–Trinajstić information content (AvgIpc) is 2.52. The van der Waals surface area contributed by atoms with Gasteiger partial charge in [0, 0.05) is 17.3 Å². The van der Waals surface area contributed by atoms with Gasteiger partial charge in [-0.25, -0.2) is 4.98 Å². The number of nitrogens with zero attached hydrogens (tertiary/aromatic N) is 1. The van der Waals surface area contributed by atoms with E-state index in [0.717, 1.165) is 19.4 Å². The summed E-state index contributed by atoms with van der Waals surface area (Å²) in [7, 11) is 0. The van der Waals surface area contributed by atoms with Crippen LogP contribution in [0, 0.1) is 13.8 Å². The lowest BCUT2D eigenvalue weighted by Crippen LogP contribution is -2.23. The molecule has 96 valence electrons. The van der Waals surface area contributed by atoms with Crippen LogP contribution in [0.1, 0.15) is 42.8 Å². The fourth-order valence-electron chi connectivity index (χ4n) is 1.62. The predicted molar refractivity (Wildman–Crippen MR) is 76.8 cm³/mol. The number of hydrogen-bond acceptors (Lipinski definition) is 3. The summed E-state index contributed by atoms with van der Waals surface area (Å²) in [4.78, 5) is 5.91. The number of aromatic nitrogens is 1. The first-order valence-electron chi connectivity index (χ1n) is 6.31. The Morgan fingerprint density at radius 2 is 2.12 bits per heavy atom. The van der Waals surface area contributed by atoms with Gasteiger partial charge in [-0.3, -0.25) is 0 Å². The van der Waals surface area contributed by atoms with E-state index in [1.807, 2.05) is 11.3 Å². The normalized spacial score (nSPS) is 12.5. The van der Waals surface area contributed by atoms with Crippen LogP contribution >= 0.6 is 11.3 Å². The Morgan fingerprint density at radius 1 is 1.41 bits per heavy atom. The van der Waals surface area contributed by atoms with Crippen LogP contribution in [-0.4, -0.2) is 17.6 Å². The summed E-state index contributed by atoms with van der Waals surface area (Å²) in [6.45, 7) is 11.8. The summed E-state index contributed by atoms with van der Waals surface area (Å²) in [5, 5.41) is 4.66. The van der Waals surface area contributed by atoms with Crippen LogP contribution in [0.25, 0.3) is 0 Å². The third-order valence-corrected chi connectivity index (χ3v) is 3.77. The van der Waals surface area contributed by atoms with Crippen LogP contribution in [0.5, 0.6) is 0 Å². The molecule has 0 aromatic carbocycles. The van der Waals surface area contributed by atoms with E-state index in [2.05, 4.69) is 51.0 Å². The highest BCUT2D eigenvalue weighted by Gasteiger charge is 2.03. The van der Waals surface area contributed by atoms with Gasteiger partial charge in [0.1, 0.15) is 0 Å². The molecule has 0 aliphatic carbocycles. The second-order valence-corrected chi connectivity index (χ2v) is 6.16. The van der Waals surface area contributed by atoms with Gasteiger partial charge in [0.05, 0.1) is 10.7 Å². The third-order valence-electron chi connectivity index (χ3n) is 2.69. The molecule has 0 atom stereocenters. The van der Waals surface area contributed by atoms with Crippen molar-refractivity contribution in [3.63, 3.8) is 0 Å². The molecule has 0 fully saturated rings. The van der Waals surface area contributed by atoms with Crippen molar-refractivity contribution in [3.8, 4) is 0 Å². The zero-order valence-electron chi connectivity index (χ0n) is 11.6. The van der Waals surface area contributed by atoms with E-state index in [9.17, 15) is 0 Å². The predicted octanol–water partition coefficient (Wildman–Crippen LogP) is 3.64. The summed E-state index contributed by atoms with van der Waals surface area (Å²) < 4.78 is 0. The van der Waals surface area contributed by atoms with Gasteiger partial charge in [-0.05, 0) is 33.7 Å². The first kappa shape index (κ1) is 14.4. The molecular formula is C14H24N2S. The van der Waals surface area contributed by atoms with E-state index < -0.39 is 0 Å². The van der Waals surface area contributed by atoms with Crippen molar-refractivity contribution < 1.29 is 0 Å². The summed E-state index contributed by atoms with van der Waals surface area (Å²) >= 11 is 1.82. The van der Waals surface area contributed by atoms with Crippen LogP contribution in [0.2, 0.25) is 0 Å². The van der Waals surface area contributed by atoms with Gasteiger partial charge < -0.3 is 5.32 Å². The van der Waals surface area contributed by atoms with E-state index in [-0.39, 0.29) is 0 Å². The van der Waals surface area contributed by atoms with Crippen LogP contribution < -0.4 is 5.32 Å². The molecule has 0 bridgehead atoms. The van der Waals surface area contributed by atoms with Crippen LogP contribution in [0.3, 0.4) is 0 Å². The summed E-state index contributed by atoms with van der Waals surface area (Å²) in [6.07, 6.45) is 4.43. The Bertz CT molecular complexity index is 358. The first-order chi connectivity index (χ1) is 7.99. The quantitative estimate of drug-likeness (QED) is 0.617. The Kier molecular flexibility index (Phi) is 5.86. The van der Waals surface area contributed by atoms with Crippen molar-refractivity contribution in [1.82, 2.24) is 10.3 Å². The molecule has 1 aromatic heterocycles. The SMILES string of the molecule is CC(=CCCNC(C)C)Cc1nc(C)c(C)s1. The molecule has 1 N–H and O–H groups in total. The fraction of sp³-hybridized carbons (Fsp3) is 0.643. The summed E-state index contributed by atoms with van der Waals surface area (Å²) in [5.74, 6) is 0. The highest BCUT2D eigenvalue weighted by atomic mass is 32.1.